The minimum absolute atomic E-state index is 0.294. The highest BCUT2D eigenvalue weighted by atomic mass is 15.2. The minimum atomic E-state index is -0.294. The molecular weight excluding hydrogens is 703 g/mol. The van der Waals surface area contributed by atoms with Gasteiger partial charge in [0.05, 0.1) is 0 Å². The predicted octanol–water partition coefficient (Wildman–Crippen LogP) is 13.8. The van der Waals surface area contributed by atoms with Crippen LogP contribution in [-0.2, 0) is 0 Å². The van der Waals surface area contributed by atoms with Gasteiger partial charge in [-0.2, -0.15) is 0 Å². The van der Waals surface area contributed by atoms with Crippen LogP contribution in [0.5, 0.6) is 0 Å². The molecule has 0 aromatic heterocycles. The van der Waals surface area contributed by atoms with Crippen LogP contribution in [-0.4, -0.2) is 11.7 Å². The standard InChI is InChI=1S/C55H37N3/c1-3-14-36(15-4-1)37-26-28-40(29-27-37)54-56-53(39-17-5-2-6-18-39)57-55(58-54)43-20-13-19-42(34-43)52-44-21-8-7-16-38(44)30-32-45(52)41-31-33-50-48-24-10-9-22-46(48)47-23-11-12-25-49(47)51(50)35-41/h1-35,53H,(H,56,57,58). The van der Waals surface area contributed by atoms with E-state index in [0.717, 1.165) is 33.7 Å². The Morgan fingerprint density at radius 2 is 0.879 bits per heavy atom. The van der Waals surface area contributed by atoms with Gasteiger partial charge in [0.2, 0.25) is 0 Å². The summed E-state index contributed by atoms with van der Waals surface area (Å²) in [7, 11) is 0. The molecule has 0 fully saturated rings. The molecule has 1 aliphatic heterocycles. The van der Waals surface area contributed by atoms with E-state index in [0.29, 0.717) is 5.84 Å². The van der Waals surface area contributed by atoms with Gasteiger partial charge < -0.3 is 5.32 Å². The highest BCUT2D eigenvalue weighted by molar-refractivity contribution is 6.26. The molecule has 3 heteroatoms. The van der Waals surface area contributed by atoms with E-state index in [1.165, 1.54) is 65.3 Å². The number of hydrogen-bond donors (Lipinski definition) is 1. The summed E-state index contributed by atoms with van der Waals surface area (Å²) in [5.74, 6) is 1.49. The highest BCUT2D eigenvalue weighted by Gasteiger charge is 2.22. The molecule has 0 saturated carbocycles. The Bertz CT molecular complexity index is 3200. The van der Waals surface area contributed by atoms with Crippen molar-refractivity contribution in [2.24, 2.45) is 9.98 Å². The number of nitrogens with one attached hydrogen (secondary N) is 1. The maximum atomic E-state index is 5.22. The summed E-state index contributed by atoms with van der Waals surface area (Å²) in [5.41, 5.74) is 10.1. The van der Waals surface area contributed by atoms with E-state index in [1.54, 1.807) is 0 Å². The molecule has 1 atom stereocenters. The van der Waals surface area contributed by atoms with E-state index in [1.807, 2.05) is 12.1 Å². The van der Waals surface area contributed by atoms with Crippen molar-refractivity contribution in [1.29, 1.82) is 0 Å². The minimum Gasteiger partial charge on any atom is -0.344 e. The van der Waals surface area contributed by atoms with Gasteiger partial charge in [-0.1, -0.05) is 200 Å². The largest absolute Gasteiger partial charge is 0.344 e. The molecule has 0 saturated heterocycles. The summed E-state index contributed by atoms with van der Waals surface area (Å²) in [6.45, 7) is 0. The average Bonchev–Trinajstić information content (AvgIpc) is 3.31. The second-order valence-electron chi connectivity index (χ2n) is 15.0. The van der Waals surface area contributed by atoms with Crippen molar-refractivity contribution in [2.75, 3.05) is 0 Å². The molecular formula is C55H37N3. The van der Waals surface area contributed by atoms with Crippen molar-refractivity contribution in [3.8, 4) is 33.4 Å². The summed E-state index contributed by atoms with van der Waals surface area (Å²) >= 11 is 0. The number of hydrogen-bond acceptors (Lipinski definition) is 3. The van der Waals surface area contributed by atoms with Crippen molar-refractivity contribution in [3.05, 3.63) is 229 Å². The third-order valence-electron chi connectivity index (χ3n) is 11.5. The zero-order valence-corrected chi connectivity index (χ0v) is 31.7. The van der Waals surface area contributed by atoms with E-state index < -0.39 is 0 Å². The lowest BCUT2D eigenvalue weighted by molar-refractivity contribution is 0.674. The first-order chi connectivity index (χ1) is 28.7. The Hall–Kier alpha value is -7.62. The van der Waals surface area contributed by atoms with E-state index in [9.17, 15) is 0 Å². The van der Waals surface area contributed by atoms with Gasteiger partial charge in [0.25, 0.3) is 0 Å². The Morgan fingerprint density at radius 3 is 1.60 bits per heavy atom. The van der Waals surface area contributed by atoms with Gasteiger partial charge in [0, 0.05) is 11.1 Å². The summed E-state index contributed by atoms with van der Waals surface area (Å²) in [5, 5.41) is 13.7. The van der Waals surface area contributed by atoms with E-state index in [2.05, 4.69) is 206 Å². The van der Waals surface area contributed by atoms with Crippen LogP contribution in [0.4, 0.5) is 0 Å². The number of amidine groups is 2. The normalized spacial score (nSPS) is 14.0. The number of benzene rings is 10. The van der Waals surface area contributed by atoms with Crippen molar-refractivity contribution < 1.29 is 0 Å². The molecule has 0 amide bonds. The first-order valence-electron chi connectivity index (χ1n) is 19.9. The lowest BCUT2D eigenvalue weighted by Crippen LogP contribution is -2.33. The second kappa shape index (κ2) is 14.1. The third-order valence-corrected chi connectivity index (χ3v) is 11.5. The molecule has 0 bridgehead atoms. The average molecular weight is 740 g/mol. The molecule has 1 N–H and O–H groups in total. The molecule has 10 aromatic rings. The molecule has 0 aliphatic carbocycles. The van der Waals surface area contributed by atoms with E-state index in [-0.39, 0.29) is 6.17 Å². The van der Waals surface area contributed by atoms with Gasteiger partial charge in [-0.15, -0.1) is 0 Å². The lowest BCUT2D eigenvalue weighted by Gasteiger charge is -2.24. The fourth-order valence-corrected chi connectivity index (χ4v) is 8.69. The Kier molecular flexibility index (Phi) is 8.22. The van der Waals surface area contributed by atoms with Crippen molar-refractivity contribution in [3.63, 3.8) is 0 Å². The predicted molar refractivity (Wildman–Crippen MR) is 245 cm³/mol. The van der Waals surface area contributed by atoms with E-state index in [4.69, 9.17) is 9.98 Å². The molecule has 10 aromatic carbocycles. The maximum Gasteiger partial charge on any atom is 0.159 e. The van der Waals surface area contributed by atoms with Gasteiger partial charge in [-0.05, 0) is 94.2 Å². The lowest BCUT2D eigenvalue weighted by atomic mass is 9.87. The van der Waals surface area contributed by atoms with Crippen LogP contribution < -0.4 is 5.32 Å². The summed E-state index contributed by atoms with van der Waals surface area (Å²) in [6, 6.07) is 76.1. The highest BCUT2D eigenvalue weighted by Crippen LogP contribution is 2.42. The summed E-state index contributed by atoms with van der Waals surface area (Å²) < 4.78 is 0. The van der Waals surface area contributed by atoms with Crippen molar-refractivity contribution in [1.82, 2.24) is 5.32 Å². The summed E-state index contributed by atoms with van der Waals surface area (Å²) in [6.07, 6.45) is -0.294. The van der Waals surface area contributed by atoms with Crippen molar-refractivity contribution in [2.45, 2.75) is 6.17 Å². The van der Waals surface area contributed by atoms with Gasteiger partial charge in [0.1, 0.15) is 12.0 Å². The first kappa shape index (κ1) is 33.7. The first-order valence-corrected chi connectivity index (χ1v) is 19.9. The monoisotopic (exact) mass is 739 g/mol. The fourth-order valence-electron chi connectivity index (χ4n) is 8.69. The molecule has 0 spiro atoms. The fraction of sp³-hybridized carbons (Fsp3) is 0.0182. The quantitative estimate of drug-likeness (QED) is 0.169. The van der Waals surface area contributed by atoms with Crippen LogP contribution in [0.2, 0.25) is 0 Å². The molecule has 11 rings (SSSR count). The zero-order chi connectivity index (χ0) is 38.4. The second-order valence-corrected chi connectivity index (χ2v) is 15.0. The van der Waals surface area contributed by atoms with Crippen LogP contribution >= 0.6 is 0 Å². The Labute approximate surface area is 337 Å². The van der Waals surface area contributed by atoms with Gasteiger partial charge in [-0.3, -0.25) is 0 Å². The molecule has 1 unspecified atom stereocenters. The molecule has 58 heavy (non-hydrogen) atoms. The zero-order valence-electron chi connectivity index (χ0n) is 31.7. The molecule has 3 nitrogen and oxygen atoms in total. The summed E-state index contributed by atoms with van der Waals surface area (Å²) in [4.78, 5) is 10.4. The Morgan fingerprint density at radius 1 is 0.345 bits per heavy atom. The number of fused-ring (bicyclic) bond motifs is 7. The van der Waals surface area contributed by atoms with Gasteiger partial charge in [-0.25, -0.2) is 9.98 Å². The number of nitrogens with zero attached hydrogens (tertiary/aromatic N) is 2. The smallest absolute Gasteiger partial charge is 0.159 e. The van der Waals surface area contributed by atoms with Crippen molar-refractivity contribution >= 4 is 54.8 Å². The molecule has 0 radical (unpaired) electrons. The van der Waals surface area contributed by atoms with Gasteiger partial charge >= 0.3 is 0 Å². The SMILES string of the molecule is c1ccc(-c2ccc(C3=NC(c4ccccc4)NC(c4cccc(-c5c(-c6ccc7c8ccccc8c8ccccc8c7c6)ccc6ccccc56)c4)=N3)cc2)cc1. The number of aliphatic imine (C=N–C) groups is 2. The van der Waals surface area contributed by atoms with Crippen LogP contribution in [0.3, 0.4) is 0 Å². The molecule has 1 heterocycles. The number of rotatable bonds is 6. The van der Waals surface area contributed by atoms with Crippen LogP contribution in [0.25, 0.3) is 76.5 Å². The van der Waals surface area contributed by atoms with Crippen LogP contribution in [0, 0.1) is 0 Å². The maximum absolute atomic E-state index is 5.22. The van der Waals surface area contributed by atoms with E-state index >= 15 is 0 Å². The van der Waals surface area contributed by atoms with Gasteiger partial charge in [0.15, 0.2) is 5.84 Å². The van der Waals surface area contributed by atoms with Crippen LogP contribution in [0.1, 0.15) is 22.9 Å². The van der Waals surface area contributed by atoms with Crippen LogP contribution in [0.15, 0.2) is 222 Å². The molecule has 272 valence electrons. The third kappa shape index (κ3) is 5.93. The topological polar surface area (TPSA) is 36.8 Å². The molecule has 1 aliphatic rings. The Balaban J connectivity index is 1.05.